The molecule has 3 rings (SSSR count). The van der Waals surface area contributed by atoms with Crippen molar-refractivity contribution in [3.63, 3.8) is 0 Å². The van der Waals surface area contributed by atoms with Crippen molar-refractivity contribution >= 4 is 43.5 Å². The molecule has 0 saturated carbocycles. The highest BCUT2D eigenvalue weighted by Gasteiger charge is 2.34. The summed E-state index contributed by atoms with van der Waals surface area (Å²) in [5.41, 5.74) is 2.12. The molecule has 0 aliphatic heterocycles. The van der Waals surface area contributed by atoms with Gasteiger partial charge in [-0.3, -0.25) is 13.9 Å². The second kappa shape index (κ2) is 14.5. The molecule has 1 N–H and O–H groups in total. The fourth-order valence-corrected chi connectivity index (χ4v) is 6.43. The van der Waals surface area contributed by atoms with E-state index in [9.17, 15) is 18.0 Å². The predicted octanol–water partition coefficient (Wildman–Crippen LogP) is 5.54. The van der Waals surface area contributed by atoms with Gasteiger partial charge in [0.05, 0.1) is 22.2 Å². The van der Waals surface area contributed by atoms with Crippen molar-refractivity contribution in [1.82, 2.24) is 10.2 Å². The van der Waals surface area contributed by atoms with Gasteiger partial charge in [0.25, 0.3) is 10.0 Å². The second-order valence-corrected chi connectivity index (χ2v) is 12.9. The number of nitrogens with zero attached hydrogens (tertiary/aromatic N) is 2. The number of carbonyl (C=O) groups excluding carboxylic acids is 2. The summed E-state index contributed by atoms with van der Waals surface area (Å²) in [6.45, 7) is 7.87. The lowest BCUT2D eigenvalue weighted by molar-refractivity contribution is -0.140. The first-order valence-corrected chi connectivity index (χ1v) is 15.7. The second-order valence-electron chi connectivity index (χ2n) is 10.2. The summed E-state index contributed by atoms with van der Waals surface area (Å²) in [7, 11) is -2.70. The van der Waals surface area contributed by atoms with Gasteiger partial charge in [0.2, 0.25) is 11.8 Å². The molecule has 220 valence electrons. The summed E-state index contributed by atoms with van der Waals surface area (Å²) in [6, 6.07) is 20.0. The number of ether oxygens (including phenoxy) is 1. The first kappa shape index (κ1) is 32.1. The number of amides is 2. The Hall–Kier alpha value is -3.37. The zero-order chi connectivity index (χ0) is 30.2. The highest BCUT2D eigenvalue weighted by molar-refractivity contribution is 9.10. The average Bonchev–Trinajstić information content (AvgIpc) is 2.95. The molecule has 0 aliphatic carbocycles. The minimum absolute atomic E-state index is 0.00474. The lowest BCUT2D eigenvalue weighted by Gasteiger charge is -2.33. The summed E-state index contributed by atoms with van der Waals surface area (Å²) < 4.78 is 34.9. The maximum Gasteiger partial charge on any atom is 0.264 e. The number of halogens is 1. The van der Waals surface area contributed by atoms with Gasteiger partial charge in [-0.1, -0.05) is 68.8 Å². The minimum Gasteiger partial charge on any atom is -0.496 e. The van der Waals surface area contributed by atoms with E-state index in [4.69, 9.17) is 4.74 Å². The van der Waals surface area contributed by atoms with Gasteiger partial charge in [-0.15, -0.1) is 0 Å². The van der Waals surface area contributed by atoms with Crippen LogP contribution in [-0.4, -0.2) is 51.4 Å². The van der Waals surface area contributed by atoms with Crippen LogP contribution in [0.2, 0.25) is 0 Å². The fraction of sp³-hybridized carbons (Fsp3) is 0.355. The normalized spacial score (nSPS) is 12.1. The number of methoxy groups -OCH3 is 1. The molecule has 2 amide bonds. The van der Waals surface area contributed by atoms with Crippen LogP contribution in [0, 0.1) is 12.8 Å². The Labute approximate surface area is 251 Å². The van der Waals surface area contributed by atoms with E-state index in [0.717, 1.165) is 15.4 Å². The van der Waals surface area contributed by atoms with Crippen LogP contribution in [0.3, 0.4) is 0 Å². The monoisotopic (exact) mass is 643 g/mol. The molecular weight excluding hydrogens is 606 g/mol. The van der Waals surface area contributed by atoms with E-state index in [0.29, 0.717) is 28.9 Å². The molecule has 0 radical (unpaired) electrons. The SMILES string of the molecule is CCC(C(=O)NCC(C)C)N(Cc1ccccc1)C(=O)CN(c1ccc(C)cc1)S(=O)(=O)c1ccc(OC)c(Br)c1. The van der Waals surface area contributed by atoms with Crippen molar-refractivity contribution < 1.29 is 22.7 Å². The number of hydrogen-bond acceptors (Lipinski definition) is 5. The summed E-state index contributed by atoms with van der Waals surface area (Å²) in [5, 5.41) is 2.94. The number of aryl methyl sites for hydroxylation is 1. The highest BCUT2D eigenvalue weighted by atomic mass is 79.9. The average molecular weight is 645 g/mol. The number of hydrogen-bond donors (Lipinski definition) is 1. The largest absolute Gasteiger partial charge is 0.496 e. The molecule has 10 heteroatoms. The highest BCUT2D eigenvalue weighted by Crippen LogP contribution is 2.31. The zero-order valence-electron chi connectivity index (χ0n) is 24.1. The fourth-order valence-electron chi connectivity index (χ4n) is 4.30. The number of carbonyl (C=O) groups is 2. The first-order chi connectivity index (χ1) is 19.5. The van der Waals surface area contributed by atoms with E-state index in [1.807, 2.05) is 58.0 Å². The molecule has 1 unspecified atom stereocenters. The van der Waals surface area contributed by atoms with Crippen LogP contribution in [-0.2, 0) is 26.2 Å². The van der Waals surface area contributed by atoms with Gasteiger partial charge in [-0.25, -0.2) is 8.42 Å². The van der Waals surface area contributed by atoms with Crippen molar-refractivity contribution in [2.45, 2.75) is 51.6 Å². The van der Waals surface area contributed by atoms with E-state index in [2.05, 4.69) is 21.2 Å². The standard InChI is InChI=1S/C31H38BrN3O5S/c1-6-28(31(37)33-19-22(2)3)34(20-24-10-8-7-9-11-24)30(36)21-35(25-14-12-23(4)13-15-25)41(38,39)26-16-17-29(40-5)27(32)18-26/h7-18,22,28H,6,19-21H2,1-5H3,(H,33,37). The van der Waals surface area contributed by atoms with Gasteiger partial charge >= 0.3 is 0 Å². The van der Waals surface area contributed by atoms with Crippen LogP contribution < -0.4 is 14.4 Å². The molecule has 0 fully saturated rings. The van der Waals surface area contributed by atoms with E-state index in [1.54, 1.807) is 30.3 Å². The number of sulfonamides is 1. The van der Waals surface area contributed by atoms with Crippen molar-refractivity contribution in [2.75, 3.05) is 24.5 Å². The molecule has 1 atom stereocenters. The topological polar surface area (TPSA) is 96.0 Å². The molecule has 0 aliphatic rings. The molecule has 0 heterocycles. The third-order valence-electron chi connectivity index (χ3n) is 6.58. The van der Waals surface area contributed by atoms with Crippen LogP contribution in [0.15, 0.2) is 82.2 Å². The Morgan fingerprint density at radius 1 is 1.00 bits per heavy atom. The number of nitrogens with one attached hydrogen (secondary N) is 1. The van der Waals surface area contributed by atoms with Crippen molar-refractivity contribution in [3.8, 4) is 5.75 Å². The maximum atomic E-state index is 14.1. The van der Waals surface area contributed by atoms with Crippen molar-refractivity contribution in [3.05, 3.63) is 88.4 Å². The number of benzene rings is 3. The smallest absolute Gasteiger partial charge is 0.264 e. The Morgan fingerprint density at radius 3 is 2.22 bits per heavy atom. The quantitative estimate of drug-likeness (QED) is 0.264. The molecule has 3 aromatic rings. The number of anilines is 1. The van der Waals surface area contributed by atoms with Gasteiger partial charge in [0.15, 0.2) is 0 Å². The molecular formula is C31H38BrN3O5S. The van der Waals surface area contributed by atoms with Crippen LogP contribution in [0.5, 0.6) is 5.75 Å². The molecule has 0 saturated heterocycles. The van der Waals surface area contributed by atoms with Crippen LogP contribution in [0.25, 0.3) is 0 Å². The van der Waals surface area contributed by atoms with E-state index in [1.165, 1.54) is 24.1 Å². The van der Waals surface area contributed by atoms with Crippen LogP contribution in [0.4, 0.5) is 5.69 Å². The van der Waals surface area contributed by atoms with Gasteiger partial charge in [-0.05, 0) is 71.1 Å². The molecule has 41 heavy (non-hydrogen) atoms. The molecule has 0 spiro atoms. The third kappa shape index (κ3) is 8.33. The molecule has 3 aromatic carbocycles. The lowest BCUT2D eigenvalue weighted by Crippen LogP contribution is -2.52. The Morgan fingerprint density at radius 2 is 1.66 bits per heavy atom. The lowest BCUT2D eigenvalue weighted by atomic mass is 10.1. The van der Waals surface area contributed by atoms with Gasteiger partial charge in [0, 0.05) is 13.1 Å². The van der Waals surface area contributed by atoms with E-state index in [-0.39, 0.29) is 23.3 Å². The Balaban J connectivity index is 2.05. The van der Waals surface area contributed by atoms with Crippen molar-refractivity contribution in [2.24, 2.45) is 5.92 Å². The first-order valence-electron chi connectivity index (χ1n) is 13.5. The molecule has 0 aromatic heterocycles. The maximum absolute atomic E-state index is 14.1. The van der Waals surface area contributed by atoms with E-state index >= 15 is 0 Å². The predicted molar refractivity (Wildman–Crippen MR) is 165 cm³/mol. The molecule has 8 nitrogen and oxygen atoms in total. The summed E-state index contributed by atoms with van der Waals surface area (Å²) in [6.07, 6.45) is 0.366. The van der Waals surface area contributed by atoms with Gasteiger partial charge in [0.1, 0.15) is 18.3 Å². The van der Waals surface area contributed by atoms with Crippen LogP contribution >= 0.6 is 15.9 Å². The minimum atomic E-state index is -4.19. The third-order valence-corrected chi connectivity index (χ3v) is 8.97. The summed E-state index contributed by atoms with van der Waals surface area (Å²) in [4.78, 5) is 28.8. The molecule has 0 bridgehead atoms. The number of rotatable bonds is 13. The van der Waals surface area contributed by atoms with Gasteiger partial charge < -0.3 is 15.0 Å². The Bertz CT molecular complexity index is 1430. The Kier molecular flexibility index (Phi) is 11.4. The van der Waals surface area contributed by atoms with E-state index < -0.39 is 28.5 Å². The van der Waals surface area contributed by atoms with Gasteiger partial charge in [-0.2, -0.15) is 0 Å². The van der Waals surface area contributed by atoms with Crippen LogP contribution in [0.1, 0.15) is 38.3 Å². The summed E-state index contributed by atoms with van der Waals surface area (Å²) in [5.74, 6) is -0.0405. The zero-order valence-corrected chi connectivity index (χ0v) is 26.5. The summed E-state index contributed by atoms with van der Waals surface area (Å²) >= 11 is 3.37. The van der Waals surface area contributed by atoms with Crippen molar-refractivity contribution in [1.29, 1.82) is 0 Å².